The lowest BCUT2D eigenvalue weighted by molar-refractivity contribution is -0.136. The molecule has 114 valence electrons. The van der Waals surface area contributed by atoms with Crippen molar-refractivity contribution in [3.05, 3.63) is 29.8 Å². The highest BCUT2D eigenvalue weighted by Crippen LogP contribution is 2.17. The first-order valence-corrected chi connectivity index (χ1v) is 7.37. The molecular formula is C16H22N2O3. The van der Waals surface area contributed by atoms with E-state index in [1.165, 1.54) is 5.56 Å². The zero-order valence-electron chi connectivity index (χ0n) is 12.5. The summed E-state index contributed by atoms with van der Waals surface area (Å²) in [7, 11) is 0. The van der Waals surface area contributed by atoms with E-state index in [4.69, 9.17) is 4.74 Å². The van der Waals surface area contributed by atoms with Gasteiger partial charge in [0.2, 0.25) is 0 Å². The maximum atomic E-state index is 11.8. The molecule has 21 heavy (non-hydrogen) atoms. The summed E-state index contributed by atoms with van der Waals surface area (Å²) >= 11 is 0. The van der Waals surface area contributed by atoms with Gasteiger partial charge in [0.05, 0.1) is 6.10 Å². The Morgan fingerprint density at radius 3 is 2.52 bits per heavy atom. The van der Waals surface area contributed by atoms with Crippen molar-refractivity contribution in [2.45, 2.75) is 38.7 Å². The second-order valence-corrected chi connectivity index (χ2v) is 5.58. The lowest BCUT2D eigenvalue weighted by Crippen LogP contribution is -2.39. The average molecular weight is 290 g/mol. The normalized spacial score (nSPS) is 17.8. The summed E-state index contributed by atoms with van der Waals surface area (Å²) < 4.78 is 5.39. The van der Waals surface area contributed by atoms with Crippen molar-refractivity contribution in [1.82, 2.24) is 5.32 Å². The standard InChI is InChI=1S/C16H22N2O3/c1-11(2)12-5-7-13(8-6-12)18-16(20)15(19)17-10-14-4-3-9-21-14/h5-8,11,14H,3-4,9-10H2,1-2H3,(H,17,19)(H,18,20)/t14-/m0/s1. The lowest BCUT2D eigenvalue weighted by Gasteiger charge is -2.11. The number of nitrogens with one attached hydrogen (secondary N) is 2. The minimum Gasteiger partial charge on any atom is -0.376 e. The van der Waals surface area contributed by atoms with E-state index in [9.17, 15) is 9.59 Å². The second kappa shape index (κ2) is 7.22. The summed E-state index contributed by atoms with van der Waals surface area (Å²) in [6.45, 7) is 5.33. The van der Waals surface area contributed by atoms with Gasteiger partial charge in [-0.1, -0.05) is 26.0 Å². The molecule has 2 rings (SSSR count). The van der Waals surface area contributed by atoms with Gasteiger partial charge in [0, 0.05) is 18.8 Å². The third kappa shape index (κ3) is 4.56. The van der Waals surface area contributed by atoms with Crippen LogP contribution >= 0.6 is 0 Å². The van der Waals surface area contributed by atoms with Crippen LogP contribution in [0.15, 0.2) is 24.3 Å². The summed E-state index contributed by atoms with van der Waals surface area (Å²) in [5.41, 5.74) is 1.81. The highest BCUT2D eigenvalue weighted by Gasteiger charge is 2.19. The van der Waals surface area contributed by atoms with E-state index in [2.05, 4.69) is 24.5 Å². The molecule has 1 fully saturated rings. The molecule has 2 N–H and O–H groups in total. The Hall–Kier alpha value is -1.88. The van der Waals surface area contributed by atoms with Gasteiger partial charge in [0.1, 0.15) is 0 Å². The first-order chi connectivity index (χ1) is 10.1. The quantitative estimate of drug-likeness (QED) is 0.834. The first-order valence-electron chi connectivity index (χ1n) is 7.37. The molecule has 0 saturated carbocycles. The van der Waals surface area contributed by atoms with Crippen molar-refractivity contribution in [2.75, 3.05) is 18.5 Å². The third-order valence-corrected chi connectivity index (χ3v) is 3.56. The van der Waals surface area contributed by atoms with Gasteiger partial charge in [0.15, 0.2) is 0 Å². The molecule has 1 aliphatic heterocycles. The highest BCUT2D eigenvalue weighted by molar-refractivity contribution is 6.39. The van der Waals surface area contributed by atoms with Crippen LogP contribution in [0.5, 0.6) is 0 Å². The van der Waals surface area contributed by atoms with E-state index in [-0.39, 0.29) is 6.10 Å². The molecule has 2 amide bonds. The molecule has 1 atom stereocenters. The van der Waals surface area contributed by atoms with Gasteiger partial charge < -0.3 is 15.4 Å². The predicted octanol–water partition coefficient (Wildman–Crippen LogP) is 2.04. The molecule has 0 spiro atoms. The zero-order chi connectivity index (χ0) is 15.2. The van der Waals surface area contributed by atoms with Crippen molar-refractivity contribution in [1.29, 1.82) is 0 Å². The van der Waals surface area contributed by atoms with Crippen molar-refractivity contribution >= 4 is 17.5 Å². The van der Waals surface area contributed by atoms with Gasteiger partial charge in [-0.3, -0.25) is 9.59 Å². The number of anilines is 1. The van der Waals surface area contributed by atoms with E-state index < -0.39 is 11.8 Å². The predicted molar refractivity (Wildman–Crippen MR) is 81.1 cm³/mol. The monoisotopic (exact) mass is 290 g/mol. The van der Waals surface area contributed by atoms with Gasteiger partial charge in [-0.25, -0.2) is 0 Å². The molecule has 1 aromatic rings. The Bertz CT molecular complexity index is 491. The molecule has 0 bridgehead atoms. The molecule has 0 radical (unpaired) electrons. The molecule has 0 aliphatic carbocycles. The number of hydrogen-bond acceptors (Lipinski definition) is 3. The molecule has 0 aromatic heterocycles. The van der Waals surface area contributed by atoms with Crippen LogP contribution in [0.25, 0.3) is 0 Å². The second-order valence-electron chi connectivity index (χ2n) is 5.58. The molecule has 5 heteroatoms. The van der Waals surface area contributed by atoms with E-state index in [0.29, 0.717) is 18.2 Å². The maximum absolute atomic E-state index is 11.8. The Morgan fingerprint density at radius 1 is 1.24 bits per heavy atom. The zero-order valence-corrected chi connectivity index (χ0v) is 12.5. The van der Waals surface area contributed by atoms with Crippen LogP contribution in [0.1, 0.15) is 38.2 Å². The number of amides is 2. The van der Waals surface area contributed by atoms with Crippen LogP contribution in [0, 0.1) is 0 Å². The van der Waals surface area contributed by atoms with Crippen molar-refractivity contribution in [3.8, 4) is 0 Å². The van der Waals surface area contributed by atoms with E-state index in [0.717, 1.165) is 19.4 Å². The van der Waals surface area contributed by atoms with Gasteiger partial charge >= 0.3 is 11.8 Å². The molecule has 5 nitrogen and oxygen atoms in total. The Kier molecular flexibility index (Phi) is 5.33. The Morgan fingerprint density at radius 2 is 1.95 bits per heavy atom. The topological polar surface area (TPSA) is 67.4 Å². The van der Waals surface area contributed by atoms with Crippen molar-refractivity contribution < 1.29 is 14.3 Å². The summed E-state index contributed by atoms with van der Waals surface area (Å²) in [4.78, 5) is 23.5. The first kappa shape index (κ1) is 15.5. The molecule has 1 heterocycles. The van der Waals surface area contributed by atoms with Crippen LogP contribution in [0.3, 0.4) is 0 Å². The molecule has 1 saturated heterocycles. The van der Waals surface area contributed by atoms with Crippen molar-refractivity contribution in [3.63, 3.8) is 0 Å². The van der Waals surface area contributed by atoms with Gasteiger partial charge in [-0.2, -0.15) is 0 Å². The summed E-state index contributed by atoms with van der Waals surface area (Å²) in [5.74, 6) is -0.840. The maximum Gasteiger partial charge on any atom is 0.313 e. The lowest BCUT2D eigenvalue weighted by atomic mass is 10.0. The van der Waals surface area contributed by atoms with Crippen LogP contribution in [0.4, 0.5) is 5.69 Å². The molecule has 1 aliphatic rings. The minimum absolute atomic E-state index is 0.0343. The summed E-state index contributed by atoms with van der Waals surface area (Å²) in [6.07, 6.45) is 1.97. The number of carbonyl (C=O) groups is 2. The van der Waals surface area contributed by atoms with Crippen LogP contribution in [-0.4, -0.2) is 31.1 Å². The van der Waals surface area contributed by atoms with E-state index >= 15 is 0 Å². The Labute approximate surface area is 125 Å². The molecule has 0 unspecified atom stereocenters. The van der Waals surface area contributed by atoms with E-state index in [1.807, 2.05) is 12.1 Å². The Balaban J connectivity index is 1.80. The largest absolute Gasteiger partial charge is 0.376 e. The van der Waals surface area contributed by atoms with Gasteiger partial charge in [-0.05, 0) is 36.5 Å². The number of hydrogen-bond donors (Lipinski definition) is 2. The summed E-state index contributed by atoms with van der Waals surface area (Å²) in [6, 6.07) is 7.51. The van der Waals surface area contributed by atoms with E-state index in [1.54, 1.807) is 12.1 Å². The number of rotatable bonds is 4. The molecule has 1 aromatic carbocycles. The van der Waals surface area contributed by atoms with Crippen molar-refractivity contribution in [2.24, 2.45) is 0 Å². The van der Waals surface area contributed by atoms with Crippen LogP contribution in [-0.2, 0) is 14.3 Å². The summed E-state index contributed by atoms with van der Waals surface area (Å²) in [5, 5.41) is 5.19. The van der Waals surface area contributed by atoms with Crippen LogP contribution in [0.2, 0.25) is 0 Å². The van der Waals surface area contributed by atoms with Gasteiger partial charge in [0.25, 0.3) is 0 Å². The fraction of sp³-hybridized carbons (Fsp3) is 0.500. The number of carbonyl (C=O) groups excluding carboxylic acids is 2. The fourth-order valence-corrected chi connectivity index (χ4v) is 2.23. The minimum atomic E-state index is -0.648. The smallest absolute Gasteiger partial charge is 0.313 e. The fourth-order valence-electron chi connectivity index (χ4n) is 2.23. The highest BCUT2D eigenvalue weighted by atomic mass is 16.5. The average Bonchev–Trinajstić information content (AvgIpc) is 2.98. The third-order valence-electron chi connectivity index (χ3n) is 3.56. The van der Waals surface area contributed by atoms with Crippen LogP contribution < -0.4 is 10.6 Å². The molecular weight excluding hydrogens is 268 g/mol. The number of ether oxygens (including phenoxy) is 1. The number of benzene rings is 1. The SMILES string of the molecule is CC(C)c1ccc(NC(=O)C(=O)NC[C@@H]2CCCO2)cc1. The van der Waals surface area contributed by atoms with Gasteiger partial charge in [-0.15, -0.1) is 0 Å².